The zero-order valence-electron chi connectivity index (χ0n) is 49.6. The molecule has 0 bridgehead atoms. The number of ether oxygens (including phenoxy) is 2. The summed E-state index contributed by atoms with van der Waals surface area (Å²) in [5.41, 5.74) is 14.7. The number of aldehydes is 2. The van der Waals surface area contributed by atoms with E-state index in [1.54, 1.807) is 72.9 Å². The van der Waals surface area contributed by atoms with Gasteiger partial charge in [0.05, 0.1) is 17.3 Å². The normalized spacial score (nSPS) is 11.9. The monoisotopic (exact) mass is 1250 g/mol. The van der Waals surface area contributed by atoms with E-state index in [1.807, 2.05) is 39.8 Å². The van der Waals surface area contributed by atoms with Crippen LogP contribution in [0.2, 0.25) is 0 Å². The Morgan fingerprint density at radius 2 is 0.697 bits per heavy atom. The zero-order valence-corrected chi connectivity index (χ0v) is 51.2. The zero-order chi connectivity index (χ0) is 66.6. The van der Waals surface area contributed by atoms with Crippen LogP contribution in [0.15, 0.2) is 143 Å². The molecule has 8 rings (SSSR count). The summed E-state index contributed by atoms with van der Waals surface area (Å²) in [5.74, 6) is -1.21. The molecule has 0 amide bonds. The molecule has 89 heavy (non-hydrogen) atoms. The molecule has 0 unspecified atom stereocenters. The second-order valence-electron chi connectivity index (χ2n) is 18.8. The van der Waals surface area contributed by atoms with E-state index in [1.165, 1.54) is 76.6 Å². The highest BCUT2D eigenvalue weighted by Crippen LogP contribution is 2.18. The molecule has 462 valence electrons. The molecular formula is C62H63N11O14S2. The van der Waals surface area contributed by atoms with Gasteiger partial charge in [-0.3, -0.25) is 64.2 Å². The number of ketones is 8. The van der Waals surface area contributed by atoms with Gasteiger partial charge in [-0.25, -0.2) is 34.1 Å². The fourth-order valence-electron chi connectivity index (χ4n) is 6.72. The van der Waals surface area contributed by atoms with Gasteiger partial charge < -0.3 is 9.47 Å². The van der Waals surface area contributed by atoms with Crippen LogP contribution in [0, 0.1) is 9.56 Å². The molecule has 27 heteroatoms. The summed E-state index contributed by atoms with van der Waals surface area (Å²) in [6.45, 7) is 13.5. The van der Waals surface area contributed by atoms with Crippen molar-refractivity contribution in [2.24, 2.45) is 15.3 Å². The molecule has 6 aromatic rings. The number of nitrogens with zero attached hydrogens (tertiary/aromatic N) is 6. The molecule has 0 saturated heterocycles. The van der Waals surface area contributed by atoms with Crippen LogP contribution < -0.4 is 16.3 Å². The van der Waals surface area contributed by atoms with Crippen molar-refractivity contribution in [1.29, 1.82) is 9.56 Å². The third-order valence-electron chi connectivity index (χ3n) is 11.4. The number of esters is 2. The Morgan fingerprint density at radius 1 is 0.416 bits per heavy atom. The Labute approximate surface area is 522 Å². The Balaban J connectivity index is 0.000000380. The summed E-state index contributed by atoms with van der Waals surface area (Å²) in [6, 6.07) is 29.3. The number of rotatable bonds is 17. The minimum atomic E-state index is -1.26. The molecule has 3 aromatic heterocycles. The number of anilines is 3. The average molecular weight is 1250 g/mol. The quantitative estimate of drug-likeness (QED) is 0.0142. The molecule has 3 aromatic carbocycles. The first-order valence-corrected chi connectivity index (χ1v) is 27.2. The van der Waals surface area contributed by atoms with E-state index in [0.717, 1.165) is 23.3 Å². The molecule has 0 aliphatic heterocycles. The summed E-state index contributed by atoms with van der Waals surface area (Å²) in [5, 5.41) is 12.0. The maximum absolute atomic E-state index is 11.9. The summed E-state index contributed by atoms with van der Waals surface area (Å²) in [4.78, 5) is 146. The summed E-state index contributed by atoms with van der Waals surface area (Å²) in [6.07, 6.45) is 5.36. The van der Waals surface area contributed by atoms with E-state index in [0.29, 0.717) is 57.1 Å². The lowest BCUT2D eigenvalue weighted by Crippen LogP contribution is -2.28. The molecule has 5 N–H and O–H groups in total. The van der Waals surface area contributed by atoms with Crippen LogP contribution in [-0.4, -0.2) is 116 Å². The van der Waals surface area contributed by atoms with Crippen LogP contribution in [0.1, 0.15) is 170 Å². The fraction of sp³-hybridized carbons (Fsp3) is 0.226. The van der Waals surface area contributed by atoms with E-state index < -0.39 is 24.1 Å². The van der Waals surface area contributed by atoms with E-state index in [-0.39, 0.29) is 83.1 Å². The number of hydrazone groups is 3. The Kier molecular flexibility index (Phi) is 33.2. The molecule has 0 atom stereocenters. The molecule has 25 nitrogen and oxygen atoms in total. The number of pyridine rings is 3. The molecule has 0 spiro atoms. The maximum atomic E-state index is 11.9. The van der Waals surface area contributed by atoms with Crippen LogP contribution in [0.25, 0.3) is 0 Å². The molecule has 0 radical (unpaired) electrons. The smallest absolute Gasteiger partial charge is 0.340 e. The number of Topliss-reactive ketones (excluding diaryl/α,β-unsaturated/α-hetero) is 8. The second kappa shape index (κ2) is 39.7. The second-order valence-corrected chi connectivity index (χ2v) is 18.8. The first kappa shape index (κ1) is 74.3. The van der Waals surface area contributed by atoms with Crippen LogP contribution in [0.4, 0.5) is 17.5 Å². The van der Waals surface area contributed by atoms with Crippen molar-refractivity contribution >= 4 is 131 Å². The largest absolute Gasteiger partial charge is 0.443 e. The minimum Gasteiger partial charge on any atom is -0.443 e. The Bertz CT molecular complexity index is 3500. The van der Waals surface area contributed by atoms with Crippen molar-refractivity contribution in [3.8, 4) is 0 Å². The highest BCUT2D eigenvalue weighted by molar-refractivity contribution is 7.45. The minimum absolute atomic E-state index is 0.0132. The number of carbonyl (C=O) groups is 12. The van der Waals surface area contributed by atoms with Crippen molar-refractivity contribution in [3.05, 3.63) is 178 Å². The highest BCUT2D eigenvalue weighted by Gasteiger charge is 2.37. The van der Waals surface area contributed by atoms with Gasteiger partial charge in [0.15, 0.2) is 46.3 Å². The van der Waals surface area contributed by atoms with Gasteiger partial charge in [0.2, 0.25) is 12.2 Å². The molecular weight excluding hydrogens is 1190 g/mol. The molecule has 3 heterocycles. The van der Waals surface area contributed by atoms with Crippen molar-refractivity contribution < 1.29 is 67.0 Å². The summed E-state index contributed by atoms with van der Waals surface area (Å²) < 4.78 is 20.5. The molecule has 2 aliphatic rings. The van der Waals surface area contributed by atoms with E-state index in [4.69, 9.17) is 19.0 Å². The van der Waals surface area contributed by atoms with Crippen LogP contribution in [-0.2, 0) is 53.5 Å². The number of hydrogen-bond acceptors (Lipinski definition) is 27. The first-order valence-electron chi connectivity index (χ1n) is 26.4. The van der Waals surface area contributed by atoms with Gasteiger partial charge in [-0.05, 0) is 109 Å². The topological polar surface area (TPSA) is 383 Å². The van der Waals surface area contributed by atoms with E-state index in [9.17, 15) is 57.5 Å². The lowest BCUT2D eigenvalue weighted by molar-refractivity contribution is -0.134. The molecule has 2 saturated carbocycles. The fourth-order valence-corrected chi connectivity index (χ4v) is 6.72. The SMILES string of the molecule is CC(=O)c1ccc(/C=N/Nc2ccc(C(C)=O)cn2)cc1.CC(=O)c1ccc(C=O)cc1.CC(=O)c1ccc(NN=C(C)C)nc1.CC(C)=NNc1ccc(C(=O)OC2C(=O)CCC2=O)cn1.N=S.N=S.O=Cc1ccc(C(=O)OC2C(=O)CCC2=O)cc1. The van der Waals surface area contributed by atoms with Gasteiger partial charge in [0.25, 0.3) is 0 Å². The van der Waals surface area contributed by atoms with Gasteiger partial charge in [-0.2, -0.15) is 15.3 Å². The van der Waals surface area contributed by atoms with Gasteiger partial charge >= 0.3 is 11.9 Å². The van der Waals surface area contributed by atoms with Crippen molar-refractivity contribution in [1.82, 2.24) is 15.0 Å². The molecule has 2 aliphatic carbocycles. The van der Waals surface area contributed by atoms with Crippen molar-refractivity contribution in [3.63, 3.8) is 0 Å². The van der Waals surface area contributed by atoms with Gasteiger partial charge in [-0.15, -0.1) is 0 Å². The maximum Gasteiger partial charge on any atom is 0.340 e. The first-order chi connectivity index (χ1) is 42.5. The van der Waals surface area contributed by atoms with Crippen LogP contribution in [0.5, 0.6) is 0 Å². The van der Waals surface area contributed by atoms with Gasteiger partial charge in [0, 0.05) is 114 Å². The van der Waals surface area contributed by atoms with E-state index in [2.05, 4.69) is 71.4 Å². The number of benzene rings is 3. The predicted octanol–water partition coefficient (Wildman–Crippen LogP) is 9.62. The third-order valence-corrected chi connectivity index (χ3v) is 11.4. The summed E-state index contributed by atoms with van der Waals surface area (Å²) >= 11 is 6.67. The van der Waals surface area contributed by atoms with Gasteiger partial charge in [-0.1, -0.05) is 60.7 Å². The van der Waals surface area contributed by atoms with Crippen LogP contribution in [0.3, 0.4) is 0 Å². The highest BCUT2D eigenvalue weighted by atomic mass is 32.1. The molecule has 2 fully saturated rings. The Hall–Kier alpha value is -10.8. The number of aromatic nitrogens is 3. The van der Waals surface area contributed by atoms with E-state index >= 15 is 0 Å². The Morgan fingerprint density at radius 3 is 0.989 bits per heavy atom. The lowest BCUT2D eigenvalue weighted by atomic mass is 10.1. The van der Waals surface area contributed by atoms with Crippen LogP contribution >= 0.6 is 0 Å². The third kappa shape index (κ3) is 27.0. The standard InChI is InChI=1S/C16H15N3O2.C14H15N3O4.C13H10O5.C10H13N3O.C9H8O2.2HNS/c1-11(20)14-5-3-13(4-6-14)9-18-19-16-8-7-15(10-17-16)12(2)21;1-8(2)16-17-12-6-3-9(7-15-12)14(20)21-13-10(18)4-5-11(13)19;14-7-8-1-3-9(4-2-8)13(17)18-12-10(15)5-6-11(12)16;1-7(2)12-13-10-5-4-9(6-11-10)8(3)14;1-7(11)9-4-2-8(6-10)3-5-9;2*1-2/h3-10H,1-2H3,(H,17,19);3,6-7,13H,4-5H2,1-2H3,(H,15,17);1-4,7,12H,5-6H2;4-6H,1-3H3,(H,11,13);2-6H,1H3;2*1H/b18-9+;;;;;;. The van der Waals surface area contributed by atoms with Gasteiger partial charge in [0.1, 0.15) is 30.0 Å². The summed E-state index contributed by atoms with van der Waals surface area (Å²) in [7, 11) is 0. The number of hydrogen-bond donors (Lipinski definition) is 5. The van der Waals surface area contributed by atoms with Crippen molar-refractivity contribution in [2.45, 2.75) is 93.3 Å². The lowest BCUT2D eigenvalue weighted by Gasteiger charge is -2.09. The number of nitrogens with one attached hydrogen (secondary N) is 5. The predicted molar refractivity (Wildman–Crippen MR) is 336 cm³/mol. The average Bonchev–Trinajstić information content (AvgIpc) is 3.48. The number of carbonyl (C=O) groups excluding carboxylic acids is 12. The van der Waals surface area contributed by atoms with Crippen molar-refractivity contribution in [2.75, 3.05) is 16.3 Å².